The quantitative estimate of drug-likeness (QED) is 0.732. The fourth-order valence-corrected chi connectivity index (χ4v) is 2.36. The maximum absolute atomic E-state index is 11.9. The van der Waals surface area contributed by atoms with Crippen LogP contribution < -0.4 is 24.8 Å². The Bertz CT molecular complexity index is 737. The summed E-state index contributed by atoms with van der Waals surface area (Å²) >= 11 is 5.93. The summed E-state index contributed by atoms with van der Waals surface area (Å²) in [6, 6.07) is 10.4. The van der Waals surface area contributed by atoms with E-state index in [9.17, 15) is 4.79 Å². The van der Waals surface area contributed by atoms with Gasteiger partial charge in [0.2, 0.25) is 5.75 Å². The van der Waals surface area contributed by atoms with Crippen LogP contribution in [0.2, 0.25) is 5.02 Å². The summed E-state index contributed by atoms with van der Waals surface area (Å²) in [7, 11) is 3.11. The fourth-order valence-electron chi connectivity index (χ4n) is 2.19. The summed E-state index contributed by atoms with van der Waals surface area (Å²) in [4.78, 5) is 11.9. The van der Waals surface area contributed by atoms with E-state index >= 15 is 0 Å². The van der Waals surface area contributed by atoms with Crippen LogP contribution in [0.5, 0.6) is 17.2 Å². The fraction of sp³-hybridized carbons (Fsp3) is 0.278. The smallest absolute Gasteiger partial charge is 0.319 e. The van der Waals surface area contributed by atoms with Crippen molar-refractivity contribution in [1.82, 2.24) is 5.32 Å². The number of methoxy groups -OCH3 is 2. The normalized spacial score (nSPS) is 10.1. The predicted molar refractivity (Wildman–Crippen MR) is 98.3 cm³/mol. The Hall–Kier alpha value is -2.60. The van der Waals surface area contributed by atoms with Crippen molar-refractivity contribution in [3.8, 4) is 17.2 Å². The van der Waals surface area contributed by atoms with Gasteiger partial charge in [0.15, 0.2) is 11.5 Å². The molecule has 2 aromatic rings. The van der Waals surface area contributed by atoms with Crippen LogP contribution in [0.15, 0.2) is 36.4 Å². The number of ether oxygens (including phenoxy) is 3. The zero-order valence-electron chi connectivity index (χ0n) is 14.4. The van der Waals surface area contributed by atoms with Crippen LogP contribution in [0.4, 0.5) is 10.5 Å². The number of carbonyl (C=O) groups is 1. The van der Waals surface area contributed by atoms with Crippen molar-refractivity contribution in [3.63, 3.8) is 0 Å². The molecule has 0 bridgehead atoms. The molecule has 0 atom stereocenters. The highest BCUT2D eigenvalue weighted by Crippen LogP contribution is 2.36. The number of hydrogen-bond donors (Lipinski definition) is 2. The number of nitrogens with one attached hydrogen (secondary N) is 2. The van der Waals surface area contributed by atoms with Crippen molar-refractivity contribution in [2.45, 2.75) is 6.92 Å². The summed E-state index contributed by atoms with van der Waals surface area (Å²) in [5.41, 5.74) is 1.59. The van der Waals surface area contributed by atoms with E-state index in [1.165, 1.54) is 0 Å². The van der Waals surface area contributed by atoms with E-state index in [0.29, 0.717) is 34.5 Å². The number of aryl methyl sites for hydroxylation is 1. The minimum atomic E-state index is -0.327. The van der Waals surface area contributed by atoms with Crippen molar-refractivity contribution in [1.29, 1.82) is 0 Å². The summed E-state index contributed by atoms with van der Waals surface area (Å²) in [6.07, 6.45) is 0. The second-order valence-corrected chi connectivity index (χ2v) is 5.62. The van der Waals surface area contributed by atoms with Gasteiger partial charge in [0, 0.05) is 10.7 Å². The molecule has 0 unspecified atom stereocenters. The SMILES string of the molecule is COc1cccc(OCCNC(=O)Nc2cc(Cl)ccc2C)c1OC. The van der Waals surface area contributed by atoms with Crippen molar-refractivity contribution < 1.29 is 19.0 Å². The van der Waals surface area contributed by atoms with E-state index in [-0.39, 0.29) is 12.6 Å². The molecule has 0 heterocycles. The first-order valence-corrected chi connectivity index (χ1v) is 8.07. The van der Waals surface area contributed by atoms with Crippen LogP contribution in [0.1, 0.15) is 5.56 Å². The summed E-state index contributed by atoms with van der Waals surface area (Å²) < 4.78 is 16.1. The Labute approximate surface area is 152 Å². The predicted octanol–water partition coefficient (Wildman–Crippen LogP) is 3.87. The van der Waals surface area contributed by atoms with E-state index in [1.54, 1.807) is 44.6 Å². The molecule has 0 fully saturated rings. The Balaban J connectivity index is 1.83. The molecule has 2 rings (SSSR count). The molecule has 2 N–H and O–H groups in total. The standard InChI is InChI=1S/C18H21ClN2O4/c1-12-7-8-13(19)11-14(12)21-18(22)20-9-10-25-16-6-4-5-15(23-2)17(16)24-3/h4-8,11H,9-10H2,1-3H3,(H2,20,21,22). The lowest BCUT2D eigenvalue weighted by molar-refractivity contribution is 0.245. The van der Waals surface area contributed by atoms with Crippen molar-refractivity contribution in [3.05, 3.63) is 47.0 Å². The Morgan fingerprint density at radius 3 is 2.60 bits per heavy atom. The third kappa shape index (κ3) is 5.19. The van der Waals surface area contributed by atoms with Gasteiger partial charge in [-0.25, -0.2) is 4.79 Å². The number of hydrogen-bond acceptors (Lipinski definition) is 4. The molecule has 0 saturated carbocycles. The highest BCUT2D eigenvalue weighted by molar-refractivity contribution is 6.31. The van der Waals surface area contributed by atoms with Crippen LogP contribution in [0, 0.1) is 6.92 Å². The molecule has 0 saturated heterocycles. The Morgan fingerprint density at radius 1 is 1.12 bits per heavy atom. The first kappa shape index (κ1) is 18.7. The molecular formula is C18H21ClN2O4. The maximum atomic E-state index is 11.9. The third-order valence-electron chi connectivity index (χ3n) is 3.46. The largest absolute Gasteiger partial charge is 0.493 e. The minimum absolute atomic E-state index is 0.283. The molecule has 2 aromatic carbocycles. The lowest BCUT2D eigenvalue weighted by Crippen LogP contribution is -2.32. The molecule has 7 heteroatoms. The topological polar surface area (TPSA) is 68.8 Å². The van der Waals surface area contributed by atoms with Crippen LogP contribution in [0.25, 0.3) is 0 Å². The molecule has 0 spiro atoms. The second kappa shape index (κ2) is 9.03. The summed E-state index contributed by atoms with van der Waals surface area (Å²) in [6.45, 7) is 2.50. The second-order valence-electron chi connectivity index (χ2n) is 5.18. The molecule has 25 heavy (non-hydrogen) atoms. The van der Waals surface area contributed by atoms with Crippen LogP contribution >= 0.6 is 11.6 Å². The van der Waals surface area contributed by atoms with Crippen LogP contribution in [-0.2, 0) is 0 Å². The molecule has 2 amide bonds. The zero-order valence-corrected chi connectivity index (χ0v) is 15.1. The summed E-state index contributed by atoms with van der Waals surface area (Å²) in [5.74, 6) is 1.65. The van der Waals surface area contributed by atoms with Crippen molar-refractivity contribution >= 4 is 23.3 Å². The number of rotatable bonds is 7. The molecule has 0 aliphatic carbocycles. The van der Waals surface area contributed by atoms with E-state index in [1.807, 2.05) is 13.0 Å². The first-order valence-electron chi connectivity index (χ1n) is 7.70. The lowest BCUT2D eigenvalue weighted by atomic mass is 10.2. The lowest BCUT2D eigenvalue weighted by Gasteiger charge is -2.14. The molecular weight excluding hydrogens is 344 g/mol. The average molecular weight is 365 g/mol. The van der Waals surface area contributed by atoms with Gasteiger partial charge in [0.1, 0.15) is 6.61 Å². The Kier molecular flexibility index (Phi) is 6.77. The highest BCUT2D eigenvalue weighted by atomic mass is 35.5. The molecule has 0 radical (unpaired) electrons. The molecule has 0 aliphatic rings. The van der Waals surface area contributed by atoms with Crippen molar-refractivity contribution in [2.75, 3.05) is 32.7 Å². The number of para-hydroxylation sites is 1. The van der Waals surface area contributed by atoms with E-state index in [0.717, 1.165) is 5.56 Å². The first-order chi connectivity index (χ1) is 12.0. The van der Waals surface area contributed by atoms with Gasteiger partial charge >= 0.3 is 6.03 Å². The van der Waals surface area contributed by atoms with Gasteiger partial charge in [-0.3, -0.25) is 0 Å². The van der Waals surface area contributed by atoms with Gasteiger partial charge in [0.25, 0.3) is 0 Å². The van der Waals surface area contributed by atoms with Gasteiger partial charge in [-0.15, -0.1) is 0 Å². The van der Waals surface area contributed by atoms with Gasteiger partial charge in [-0.1, -0.05) is 23.7 Å². The zero-order chi connectivity index (χ0) is 18.2. The van der Waals surface area contributed by atoms with Gasteiger partial charge in [-0.05, 0) is 36.8 Å². The van der Waals surface area contributed by atoms with Gasteiger partial charge in [-0.2, -0.15) is 0 Å². The maximum Gasteiger partial charge on any atom is 0.319 e. The van der Waals surface area contributed by atoms with Gasteiger partial charge < -0.3 is 24.8 Å². The number of halogens is 1. The number of urea groups is 1. The van der Waals surface area contributed by atoms with E-state index in [4.69, 9.17) is 25.8 Å². The Morgan fingerprint density at radius 2 is 1.88 bits per heavy atom. The molecule has 6 nitrogen and oxygen atoms in total. The van der Waals surface area contributed by atoms with E-state index < -0.39 is 0 Å². The van der Waals surface area contributed by atoms with Crippen molar-refractivity contribution in [2.24, 2.45) is 0 Å². The van der Waals surface area contributed by atoms with Crippen LogP contribution in [0.3, 0.4) is 0 Å². The highest BCUT2D eigenvalue weighted by Gasteiger charge is 2.10. The van der Waals surface area contributed by atoms with Gasteiger partial charge in [0.05, 0.1) is 20.8 Å². The minimum Gasteiger partial charge on any atom is -0.493 e. The molecule has 0 aromatic heterocycles. The van der Waals surface area contributed by atoms with Crippen LogP contribution in [-0.4, -0.2) is 33.4 Å². The van der Waals surface area contributed by atoms with E-state index in [2.05, 4.69) is 10.6 Å². The molecule has 134 valence electrons. The summed E-state index contributed by atoms with van der Waals surface area (Å²) in [5, 5.41) is 6.04. The number of amides is 2. The number of anilines is 1. The monoisotopic (exact) mass is 364 g/mol. The average Bonchev–Trinajstić information content (AvgIpc) is 2.61. The number of benzene rings is 2. The third-order valence-corrected chi connectivity index (χ3v) is 3.69. The molecule has 0 aliphatic heterocycles. The number of carbonyl (C=O) groups excluding carboxylic acids is 1.